The Morgan fingerprint density at radius 3 is 3.08 bits per heavy atom. The lowest BCUT2D eigenvalue weighted by atomic mass is 10.3. The molecule has 0 spiro atoms. The monoisotopic (exact) mass is 180 g/mol. The van der Waals surface area contributed by atoms with Crippen LogP contribution in [0.3, 0.4) is 0 Å². The second-order valence-corrected chi connectivity index (χ2v) is 2.29. The standard InChI is InChI=1S/C7H8N4O2/c1-13-5-7-6(4-12)9-10-11(7)3-2-8/h4H,3,5H2,1H3. The summed E-state index contributed by atoms with van der Waals surface area (Å²) in [5.41, 5.74) is 0.746. The minimum Gasteiger partial charge on any atom is -0.378 e. The van der Waals surface area contributed by atoms with Crippen LogP contribution in [-0.4, -0.2) is 28.4 Å². The molecule has 0 amide bonds. The van der Waals surface area contributed by atoms with Crippen LogP contribution in [0.4, 0.5) is 0 Å². The first-order chi connectivity index (χ1) is 6.33. The highest BCUT2D eigenvalue weighted by Gasteiger charge is 2.10. The van der Waals surface area contributed by atoms with E-state index in [4.69, 9.17) is 10.00 Å². The summed E-state index contributed by atoms with van der Waals surface area (Å²) >= 11 is 0. The summed E-state index contributed by atoms with van der Waals surface area (Å²) in [6.07, 6.45) is 0.592. The van der Waals surface area contributed by atoms with Gasteiger partial charge in [0.15, 0.2) is 12.0 Å². The summed E-state index contributed by atoms with van der Waals surface area (Å²) in [5, 5.41) is 15.6. The van der Waals surface area contributed by atoms with Gasteiger partial charge in [-0.15, -0.1) is 5.10 Å². The normalized spacial score (nSPS) is 9.54. The van der Waals surface area contributed by atoms with Crippen molar-refractivity contribution < 1.29 is 9.53 Å². The molecule has 1 heterocycles. The van der Waals surface area contributed by atoms with Gasteiger partial charge in [-0.3, -0.25) is 4.79 Å². The zero-order chi connectivity index (χ0) is 9.68. The van der Waals surface area contributed by atoms with E-state index in [0.717, 1.165) is 0 Å². The van der Waals surface area contributed by atoms with Crippen molar-refractivity contribution in [3.05, 3.63) is 11.4 Å². The topological polar surface area (TPSA) is 80.8 Å². The van der Waals surface area contributed by atoms with Crippen molar-refractivity contribution in [2.75, 3.05) is 7.11 Å². The highest BCUT2D eigenvalue weighted by Crippen LogP contribution is 2.03. The molecule has 0 saturated heterocycles. The van der Waals surface area contributed by atoms with Crippen molar-refractivity contribution in [1.82, 2.24) is 15.0 Å². The third-order valence-electron chi connectivity index (χ3n) is 1.48. The van der Waals surface area contributed by atoms with Crippen molar-refractivity contribution in [2.24, 2.45) is 0 Å². The van der Waals surface area contributed by atoms with Crippen LogP contribution in [0.2, 0.25) is 0 Å². The fraction of sp³-hybridized carbons (Fsp3) is 0.429. The lowest BCUT2D eigenvalue weighted by Crippen LogP contribution is -2.05. The van der Waals surface area contributed by atoms with Crippen molar-refractivity contribution in [3.63, 3.8) is 0 Å². The smallest absolute Gasteiger partial charge is 0.172 e. The Balaban J connectivity index is 2.99. The molecule has 0 aliphatic rings. The van der Waals surface area contributed by atoms with Crippen LogP contribution in [0.1, 0.15) is 16.2 Å². The Bertz CT molecular complexity index is 339. The molecule has 6 heteroatoms. The quantitative estimate of drug-likeness (QED) is 0.597. The van der Waals surface area contributed by atoms with Crippen LogP contribution in [-0.2, 0) is 17.9 Å². The molecule has 1 aromatic heterocycles. The fourth-order valence-corrected chi connectivity index (χ4v) is 0.917. The maximum Gasteiger partial charge on any atom is 0.172 e. The minimum atomic E-state index is 0.0690. The number of hydrogen-bond acceptors (Lipinski definition) is 5. The van der Waals surface area contributed by atoms with Crippen LogP contribution in [0.15, 0.2) is 0 Å². The number of nitriles is 1. The largest absolute Gasteiger partial charge is 0.378 e. The van der Waals surface area contributed by atoms with E-state index in [2.05, 4.69) is 10.3 Å². The molecule has 0 saturated carbocycles. The van der Waals surface area contributed by atoms with Gasteiger partial charge in [0.25, 0.3) is 0 Å². The second-order valence-electron chi connectivity index (χ2n) is 2.29. The first-order valence-electron chi connectivity index (χ1n) is 3.57. The maximum absolute atomic E-state index is 10.5. The van der Waals surface area contributed by atoms with E-state index in [-0.39, 0.29) is 18.8 Å². The first kappa shape index (κ1) is 9.35. The van der Waals surface area contributed by atoms with Crippen molar-refractivity contribution in [3.8, 4) is 6.07 Å². The third-order valence-corrected chi connectivity index (χ3v) is 1.48. The number of rotatable bonds is 4. The van der Waals surface area contributed by atoms with Gasteiger partial charge in [0.1, 0.15) is 6.54 Å². The van der Waals surface area contributed by atoms with Gasteiger partial charge in [-0.1, -0.05) is 5.21 Å². The summed E-state index contributed by atoms with van der Waals surface area (Å²) in [6.45, 7) is 0.294. The lowest BCUT2D eigenvalue weighted by molar-refractivity contribution is 0.111. The van der Waals surface area contributed by atoms with Gasteiger partial charge in [-0.05, 0) is 0 Å². The Morgan fingerprint density at radius 2 is 2.54 bits per heavy atom. The predicted molar refractivity (Wildman–Crippen MR) is 41.7 cm³/mol. The van der Waals surface area contributed by atoms with E-state index in [9.17, 15) is 4.79 Å². The number of methoxy groups -OCH3 is 1. The predicted octanol–water partition coefficient (Wildman–Crippen LogP) is -0.239. The van der Waals surface area contributed by atoms with E-state index in [1.54, 1.807) is 0 Å². The van der Waals surface area contributed by atoms with E-state index in [1.165, 1.54) is 11.8 Å². The molecular formula is C7H8N4O2. The average molecular weight is 180 g/mol. The number of hydrogen-bond donors (Lipinski definition) is 0. The van der Waals surface area contributed by atoms with Crippen molar-refractivity contribution >= 4 is 6.29 Å². The molecule has 0 atom stereocenters. The molecule has 0 N–H and O–H groups in total. The average Bonchev–Trinajstić information content (AvgIpc) is 2.50. The minimum absolute atomic E-state index is 0.0690. The van der Waals surface area contributed by atoms with Gasteiger partial charge in [-0.2, -0.15) is 5.26 Å². The van der Waals surface area contributed by atoms with E-state index in [0.29, 0.717) is 12.0 Å². The Morgan fingerprint density at radius 1 is 1.77 bits per heavy atom. The number of carbonyl (C=O) groups is 1. The molecule has 0 bridgehead atoms. The molecule has 0 aliphatic carbocycles. The summed E-state index contributed by atoms with van der Waals surface area (Å²) < 4.78 is 6.19. The summed E-state index contributed by atoms with van der Waals surface area (Å²) in [5.74, 6) is 0. The fourth-order valence-electron chi connectivity index (χ4n) is 0.917. The zero-order valence-electron chi connectivity index (χ0n) is 7.10. The number of aromatic nitrogens is 3. The van der Waals surface area contributed by atoms with Crippen molar-refractivity contribution in [1.29, 1.82) is 5.26 Å². The molecule has 1 rings (SSSR count). The highest BCUT2D eigenvalue weighted by atomic mass is 16.5. The third kappa shape index (κ3) is 1.89. The van der Waals surface area contributed by atoms with Crippen LogP contribution >= 0.6 is 0 Å². The Kier molecular flexibility index (Phi) is 3.11. The van der Waals surface area contributed by atoms with E-state index >= 15 is 0 Å². The maximum atomic E-state index is 10.5. The molecule has 13 heavy (non-hydrogen) atoms. The molecule has 68 valence electrons. The molecule has 1 aromatic rings. The molecule has 0 radical (unpaired) electrons. The van der Waals surface area contributed by atoms with Gasteiger partial charge >= 0.3 is 0 Å². The van der Waals surface area contributed by atoms with Crippen LogP contribution in [0.5, 0.6) is 0 Å². The molecule has 0 aliphatic heterocycles. The van der Waals surface area contributed by atoms with Gasteiger partial charge in [0.2, 0.25) is 0 Å². The number of carbonyl (C=O) groups excluding carboxylic acids is 1. The molecule has 0 unspecified atom stereocenters. The number of ether oxygens (including phenoxy) is 1. The summed E-state index contributed by atoms with van der Waals surface area (Å²) in [4.78, 5) is 10.5. The summed E-state index contributed by atoms with van der Waals surface area (Å²) in [7, 11) is 1.50. The summed E-state index contributed by atoms with van der Waals surface area (Å²) in [6, 6.07) is 1.91. The molecule has 6 nitrogen and oxygen atoms in total. The van der Waals surface area contributed by atoms with E-state index < -0.39 is 0 Å². The lowest BCUT2D eigenvalue weighted by Gasteiger charge is -1.99. The number of aldehydes is 1. The Labute approximate surface area is 74.7 Å². The van der Waals surface area contributed by atoms with Gasteiger partial charge < -0.3 is 4.74 Å². The second kappa shape index (κ2) is 4.33. The van der Waals surface area contributed by atoms with Crippen LogP contribution in [0.25, 0.3) is 0 Å². The first-order valence-corrected chi connectivity index (χ1v) is 3.57. The van der Waals surface area contributed by atoms with Crippen molar-refractivity contribution in [2.45, 2.75) is 13.2 Å². The van der Waals surface area contributed by atoms with Crippen LogP contribution in [0, 0.1) is 11.3 Å². The molecule has 0 aromatic carbocycles. The molecular weight excluding hydrogens is 172 g/mol. The van der Waals surface area contributed by atoms with Crippen LogP contribution < -0.4 is 0 Å². The van der Waals surface area contributed by atoms with Gasteiger partial charge in [0.05, 0.1) is 18.4 Å². The molecule has 0 fully saturated rings. The van der Waals surface area contributed by atoms with Gasteiger partial charge in [0, 0.05) is 7.11 Å². The van der Waals surface area contributed by atoms with Gasteiger partial charge in [-0.25, -0.2) is 4.68 Å². The zero-order valence-corrected chi connectivity index (χ0v) is 7.10. The highest BCUT2D eigenvalue weighted by molar-refractivity contribution is 5.73. The number of nitrogens with zero attached hydrogens (tertiary/aromatic N) is 4. The SMILES string of the molecule is COCc1c(C=O)nnn1CC#N. The Hall–Kier alpha value is -1.74. The van der Waals surface area contributed by atoms with E-state index in [1.807, 2.05) is 6.07 Å².